The molecule has 1 N–H and O–H groups in total. The van der Waals surface area contributed by atoms with Crippen molar-refractivity contribution in [3.63, 3.8) is 0 Å². The van der Waals surface area contributed by atoms with E-state index >= 15 is 0 Å². The molecular formula is C14H19BrN2O2. The molecule has 0 heterocycles. The first-order valence-electron chi connectivity index (χ1n) is 6.09. The van der Waals surface area contributed by atoms with Crippen molar-refractivity contribution in [2.45, 2.75) is 18.7 Å². The molecule has 1 unspecified atom stereocenters. The maximum atomic E-state index is 11.8. The zero-order valence-corrected chi connectivity index (χ0v) is 13.2. The van der Waals surface area contributed by atoms with Gasteiger partial charge in [0.05, 0.1) is 4.83 Å². The molecular weight excluding hydrogens is 308 g/mol. The summed E-state index contributed by atoms with van der Waals surface area (Å²) in [5, 5.41) is 2.81. The van der Waals surface area contributed by atoms with Crippen LogP contribution in [-0.2, 0) is 4.79 Å². The van der Waals surface area contributed by atoms with E-state index < -0.39 is 0 Å². The third kappa shape index (κ3) is 4.35. The summed E-state index contributed by atoms with van der Waals surface area (Å²) in [6.07, 6.45) is 0. The summed E-state index contributed by atoms with van der Waals surface area (Å²) >= 11 is 3.35. The zero-order valence-electron chi connectivity index (χ0n) is 11.6. The average molecular weight is 327 g/mol. The number of hydrogen-bond donors (Lipinski definition) is 1. The van der Waals surface area contributed by atoms with Crippen LogP contribution >= 0.6 is 15.9 Å². The first-order chi connectivity index (χ1) is 8.82. The Morgan fingerprint density at radius 3 is 2.11 bits per heavy atom. The number of carbonyl (C=O) groups excluding carboxylic acids is 2. The van der Waals surface area contributed by atoms with E-state index in [1.807, 2.05) is 13.8 Å². The minimum absolute atomic E-state index is 0.0570. The average Bonchev–Trinajstić information content (AvgIpc) is 2.37. The van der Waals surface area contributed by atoms with Gasteiger partial charge in [-0.1, -0.05) is 29.8 Å². The second-order valence-corrected chi connectivity index (χ2v) is 5.90. The van der Waals surface area contributed by atoms with Crippen molar-refractivity contribution in [2.75, 3.05) is 19.4 Å². The summed E-state index contributed by atoms with van der Waals surface area (Å²) < 4.78 is 0. The SMILES string of the molecule is CC(C)C(Br)C(=O)Nc1ccc(C(=O)N(C)C)cc1. The normalized spacial score (nSPS) is 12.1. The zero-order chi connectivity index (χ0) is 14.6. The maximum Gasteiger partial charge on any atom is 0.253 e. The second-order valence-electron chi connectivity index (χ2n) is 4.91. The highest BCUT2D eigenvalue weighted by atomic mass is 79.9. The van der Waals surface area contributed by atoms with Crippen LogP contribution in [0.2, 0.25) is 0 Å². The van der Waals surface area contributed by atoms with Gasteiger partial charge in [0.15, 0.2) is 0 Å². The molecule has 0 fully saturated rings. The molecule has 1 rings (SSSR count). The van der Waals surface area contributed by atoms with Crippen molar-refractivity contribution < 1.29 is 9.59 Å². The molecule has 0 aliphatic carbocycles. The summed E-state index contributed by atoms with van der Waals surface area (Å²) in [6, 6.07) is 6.87. The standard InChI is InChI=1S/C14H19BrN2O2/c1-9(2)12(15)13(18)16-11-7-5-10(6-8-11)14(19)17(3)4/h5-9,12H,1-4H3,(H,16,18). The van der Waals surface area contributed by atoms with Crippen LogP contribution in [0.25, 0.3) is 0 Å². The van der Waals surface area contributed by atoms with Gasteiger partial charge in [-0.05, 0) is 30.2 Å². The molecule has 0 radical (unpaired) electrons. The van der Waals surface area contributed by atoms with Crippen molar-refractivity contribution in [3.8, 4) is 0 Å². The second kappa shape index (κ2) is 6.70. The van der Waals surface area contributed by atoms with Gasteiger partial charge in [0.25, 0.3) is 5.91 Å². The maximum absolute atomic E-state index is 11.8. The van der Waals surface area contributed by atoms with Crippen LogP contribution in [0.4, 0.5) is 5.69 Å². The van der Waals surface area contributed by atoms with E-state index in [-0.39, 0.29) is 22.6 Å². The number of anilines is 1. The highest BCUT2D eigenvalue weighted by Gasteiger charge is 2.18. The van der Waals surface area contributed by atoms with E-state index in [0.717, 1.165) is 0 Å². The smallest absolute Gasteiger partial charge is 0.253 e. The summed E-state index contributed by atoms with van der Waals surface area (Å²) in [7, 11) is 3.41. The number of nitrogens with one attached hydrogen (secondary N) is 1. The molecule has 1 atom stereocenters. The number of benzene rings is 1. The van der Waals surface area contributed by atoms with Crippen molar-refractivity contribution in [2.24, 2.45) is 5.92 Å². The van der Waals surface area contributed by atoms with E-state index in [2.05, 4.69) is 21.2 Å². The number of carbonyl (C=O) groups is 2. The number of amides is 2. The third-order valence-corrected chi connectivity index (χ3v) is 4.11. The molecule has 0 bridgehead atoms. The molecule has 19 heavy (non-hydrogen) atoms. The van der Waals surface area contributed by atoms with E-state index in [9.17, 15) is 9.59 Å². The molecule has 1 aromatic rings. The van der Waals surface area contributed by atoms with Gasteiger partial charge in [0.2, 0.25) is 5.91 Å². The van der Waals surface area contributed by atoms with Crippen LogP contribution in [0.3, 0.4) is 0 Å². The molecule has 0 aliphatic rings. The molecule has 0 saturated heterocycles. The topological polar surface area (TPSA) is 49.4 Å². The first-order valence-corrected chi connectivity index (χ1v) is 7.01. The van der Waals surface area contributed by atoms with E-state index in [0.29, 0.717) is 11.3 Å². The Bertz CT molecular complexity index is 455. The lowest BCUT2D eigenvalue weighted by Gasteiger charge is -2.14. The molecule has 5 heteroatoms. The Morgan fingerprint density at radius 2 is 1.68 bits per heavy atom. The van der Waals surface area contributed by atoms with Crippen LogP contribution in [0.15, 0.2) is 24.3 Å². The van der Waals surface area contributed by atoms with Crippen LogP contribution in [0.1, 0.15) is 24.2 Å². The van der Waals surface area contributed by atoms with Crippen LogP contribution in [0, 0.1) is 5.92 Å². The quantitative estimate of drug-likeness (QED) is 0.865. The Balaban J connectivity index is 2.72. The molecule has 0 aliphatic heterocycles. The predicted molar refractivity (Wildman–Crippen MR) is 80.6 cm³/mol. The van der Waals surface area contributed by atoms with Gasteiger partial charge in [-0.15, -0.1) is 0 Å². The summed E-state index contributed by atoms with van der Waals surface area (Å²) in [5.74, 6) is 0.0784. The fraction of sp³-hybridized carbons (Fsp3) is 0.429. The summed E-state index contributed by atoms with van der Waals surface area (Å²) in [5.41, 5.74) is 1.28. The minimum Gasteiger partial charge on any atom is -0.345 e. The Labute approximate surface area is 122 Å². The Hall–Kier alpha value is -1.36. The lowest BCUT2D eigenvalue weighted by molar-refractivity contribution is -0.116. The molecule has 1 aromatic carbocycles. The number of alkyl halides is 1. The van der Waals surface area contributed by atoms with Crippen LogP contribution in [0.5, 0.6) is 0 Å². The first kappa shape index (κ1) is 15.7. The summed E-state index contributed by atoms with van der Waals surface area (Å²) in [6.45, 7) is 3.94. The predicted octanol–water partition coefficient (Wildman–Crippen LogP) is 2.75. The summed E-state index contributed by atoms with van der Waals surface area (Å²) in [4.78, 5) is 24.8. The Morgan fingerprint density at radius 1 is 1.16 bits per heavy atom. The molecule has 0 saturated carbocycles. The van der Waals surface area contributed by atoms with Gasteiger partial charge < -0.3 is 10.2 Å². The molecule has 4 nitrogen and oxygen atoms in total. The van der Waals surface area contributed by atoms with Gasteiger partial charge in [-0.3, -0.25) is 9.59 Å². The number of nitrogens with zero attached hydrogens (tertiary/aromatic N) is 1. The highest BCUT2D eigenvalue weighted by Crippen LogP contribution is 2.16. The monoisotopic (exact) mass is 326 g/mol. The molecule has 2 amide bonds. The van der Waals surface area contributed by atoms with Crippen molar-refractivity contribution in [1.29, 1.82) is 0 Å². The van der Waals surface area contributed by atoms with Gasteiger partial charge in [0.1, 0.15) is 0 Å². The van der Waals surface area contributed by atoms with Crippen LogP contribution in [-0.4, -0.2) is 35.6 Å². The number of rotatable bonds is 4. The lowest BCUT2D eigenvalue weighted by Crippen LogP contribution is -2.27. The lowest BCUT2D eigenvalue weighted by atomic mass is 10.1. The van der Waals surface area contributed by atoms with Gasteiger partial charge >= 0.3 is 0 Å². The fourth-order valence-corrected chi connectivity index (χ4v) is 1.58. The van der Waals surface area contributed by atoms with Crippen molar-refractivity contribution in [3.05, 3.63) is 29.8 Å². The molecule has 0 aromatic heterocycles. The van der Waals surface area contributed by atoms with Gasteiger partial charge in [-0.2, -0.15) is 0 Å². The minimum atomic E-state index is -0.226. The van der Waals surface area contributed by atoms with Gasteiger partial charge in [-0.25, -0.2) is 0 Å². The van der Waals surface area contributed by atoms with Crippen molar-refractivity contribution in [1.82, 2.24) is 4.90 Å². The van der Waals surface area contributed by atoms with Crippen molar-refractivity contribution >= 4 is 33.4 Å². The third-order valence-electron chi connectivity index (χ3n) is 2.64. The number of halogens is 1. The van der Waals surface area contributed by atoms with Crippen LogP contribution < -0.4 is 5.32 Å². The van der Waals surface area contributed by atoms with Gasteiger partial charge in [0, 0.05) is 25.3 Å². The Kier molecular flexibility index (Phi) is 5.54. The largest absolute Gasteiger partial charge is 0.345 e. The fourth-order valence-electron chi connectivity index (χ4n) is 1.47. The van der Waals surface area contributed by atoms with E-state index in [1.54, 1.807) is 38.4 Å². The number of hydrogen-bond acceptors (Lipinski definition) is 2. The van der Waals surface area contributed by atoms with E-state index in [4.69, 9.17) is 0 Å². The molecule has 104 valence electrons. The molecule has 0 spiro atoms. The highest BCUT2D eigenvalue weighted by molar-refractivity contribution is 9.10. The van der Waals surface area contributed by atoms with E-state index in [1.165, 1.54) is 4.90 Å².